The molecule has 26 heavy (non-hydrogen) atoms. The van der Waals surface area contributed by atoms with E-state index in [2.05, 4.69) is 10.6 Å². The summed E-state index contributed by atoms with van der Waals surface area (Å²) in [6.07, 6.45) is 5.76. The van der Waals surface area contributed by atoms with Crippen LogP contribution >= 0.6 is 0 Å². The Bertz CT molecular complexity index is 768. The molecule has 2 aliphatic rings. The summed E-state index contributed by atoms with van der Waals surface area (Å²) >= 11 is 0. The van der Waals surface area contributed by atoms with E-state index in [1.165, 1.54) is 12.7 Å². The lowest BCUT2D eigenvalue weighted by molar-refractivity contribution is -0.105. The van der Waals surface area contributed by atoms with Crippen LogP contribution in [0.15, 0.2) is 41.0 Å². The van der Waals surface area contributed by atoms with E-state index < -0.39 is 17.9 Å². The number of furan rings is 1. The molecule has 4 rings (SSSR count). The molecule has 7 heteroatoms. The van der Waals surface area contributed by atoms with Crippen molar-refractivity contribution in [2.45, 2.75) is 44.0 Å². The van der Waals surface area contributed by atoms with Crippen LogP contribution in [0, 0.1) is 0 Å². The molecular weight excluding hydrogens is 336 g/mol. The lowest BCUT2D eigenvalue weighted by Gasteiger charge is -2.31. The average molecular weight is 358 g/mol. The molecular formula is C19H22N2O5. The number of rotatable bonds is 4. The second-order valence-electron chi connectivity index (χ2n) is 6.70. The van der Waals surface area contributed by atoms with Crippen molar-refractivity contribution in [1.82, 2.24) is 5.32 Å². The van der Waals surface area contributed by atoms with Gasteiger partial charge in [0.25, 0.3) is 5.79 Å². The molecule has 138 valence electrons. The van der Waals surface area contributed by atoms with Crippen molar-refractivity contribution in [3.05, 3.63) is 42.4 Å². The summed E-state index contributed by atoms with van der Waals surface area (Å²) in [5.74, 6) is 1.24. The standard InChI is InChI=1S/C19H22N2O5/c22-14(15-5-4-10-24-15)12-20-18(23)21-13-6-7-16-17(11-13)26-19(25-16)8-2-1-3-9-19/h4-7,10-11,14,22H,1-3,8-9,12H2,(H2,20,21,23). The normalized spacial score (nSPS) is 18.5. The van der Waals surface area contributed by atoms with Crippen molar-refractivity contribution in [3.8, 4) is 11.5 Å². The monoisotopic (exact) mass is 358 g/mol. The highest BCUT2D eigenvalue weighted by Gasteiger charge is 2.42. The molecule has 2 heterocycles. The van der Waals surface area contributed by atoms with Gasteiger partial charge in [0, 0.05) is 24.6 Å². The maximum absolute atomic E-state index is 12.0. The molecule has 1 unspecified atom stereocenters. The molecule has 1 fully saturated rings. The van der Waals surface area contributed by atoms with E-state index in [9.17, 15) is 9.90 Å². The Labute approximate surface area is 151 Å². The third-order valence-corrected chi connectivity index (χ3v) is 4.74. The molecule has 1 spiro atoms. The van der Waals surface area contributed by atoms with Crippen LogP contribution in [-0.2, 0) is 0 Å². The van der Waals surface area contributed by atoms with Gasteiger partial charge in [0.1, 0.15) is 11.9 Å². The van der Waals surface area contributed by atoms with Gasteiger partial charge in [0.15, 0.2) is 11.5 Å². The van der Waals surface area contributed by atoms with Gasteiger partial charge in [0.2, 0.25) is 0 Å². The van der Waals surface area contributed by atoms with Gasteiger partial charge in [-0.3, -0.25) is 0 Å². The molecule has 2 amide bonds. The molecule has 0 bridgehead atoms. The van der Waals surface area contributed by atoms with Crippen LogP contribution in [0.5, 0.6) is 11.5 Å². The average Bonchev–Trinajstić information content (AvgIpc) is 3.28. The van der Waals surface area contributed by atoms with Gasteiger partial charge in [0.05, 0.1) is 12.8 Å². The van der Waals surface area contributed by atoms with E-state index >= 15 is 0 Å². The summed E-state index contributed by atoms with van der Waals surface area (Å²) < 4.78 is 17.2. The van der Waals surface area contributed by atoms with E-state index in [-0.39, 0.29) is 6.54 Å². The number of ether oxygens (including phenoxy) is 2. The number of carbonyl (C=O) groups is 1. The molecule has 1 aromatic heterocycles. The minimum atomic E-state index is -0.890. The second kappa shape index (κ2) is 6.92. The Kier molecular flexibility index (Phi) is 4.46. The summed E-state index contributed by atoms with van der Waals surface area (Å²) in [7, 11) is 0. The molecule has 1 aliphatic heterocycles. The topological polar surface area (TPSA) is 93.0 Å². The molecule has 0 radical (unpaired) electrons. The molecule has 0 saturated heterocycles. The van der Waals surface area contributed by atoms with E-state index in [4.69, 9.17) is 13.9 Å². The first-order chi connectivity index (χ1) is 12.6. The molecule has 7 nitrogen and oxygen atoms in total. The molecule has 1 saturated carbocycles. The number of aliphatic hydroxyl groups is 1. The van der Waals surface area contributed by atoms with Crippen molar-refractivity contribution in [2.24, 2.45) is 0 Å². The quantitative estimate of drug-likeness (QED) is 0.777. The zero-order valence-electron chi connectivity index (χ0n) is 14.4. The highest BCUT2D eigenvalue weighted by Crippen LogP contribution is 2.46. The number of hydrogen-bond donors (Lipinski definition) is 3. The fourth-order valence-electron chi connectivity index (χ4n) is 3.41. The predicted octanol–water partition coefficient (Wildman–Crippen LogP) is 3.57. The fraction of sp³-hybridized carbons (Fsp3) is 0.421. The number of hydrogen-bond acceptors (Lipinski definition) is 5. The number of fused-ring (bicyclic) bond motifs is 1. The van der Waals surface area contributed by atoms with Gasteiger partial charge in [-0.15, -0.1) is 0 Å². The lowest BCUT2D eigenvalue weighted by Crippen LogP contribution is -2.40. The fourth-order valence-corrected chi connectivity index (χ4v) is 3.41. The molecule has 3 N–H and O–H groups in total. The van der Waals surface area contributed by atoms with Gasteiger partial charge in [-0.2, -0.15) is 0 Å². The molecule has 1 aromatic carbocycles. The largest absolute Gasteiger partial charge is 0.467 e. The maximum atomic E-state index is 12.0. The summed E-state index contributed by atoms with van der Waals surface area (Å²) in [6.45, 7) is 0.0486. The molecule has 2 aromatic rings. The Hall–Kier alpha value is -2.67. The van der Waals surface area contributed by atoms with E-state index in [0.29, 0.717) is 22.9 Å². The van der Waals surface area contributed by atoms with Crippen molar-refractivity contribution in [1.29, 1.82) is 0 Å². The third kappa shape index (κ3) is 3.48. The minimum Gasteiger partial charge on any atom is -0.467 e. The van der Waals surface area contributed by atoms with Crippen LogP contribution in [0.3, 0.4) is 0 Å². The second-order valence-corrected chi connectivity index (χ2v) is 6.70. The summed E-state index contributed by atoms with van der Waals surface area (Å²) in [6, 6.07) is 8.27. The van der Waals surface area contributed by atoms with Gasteiger partial charge >= 0.3 is 6.03 Å². The first-order valence-electron chi connectivity index (χ1n) is 8.92. The number of urea groups is 1. The SMILES string of the molecule is O=C(NCC(O)c1ccco1)Nc1ccc2c(c1)OC1(CCCCC1)O2. The Morgan fingerprint density at radius 2 is 1.96 bits per heavy atom. The van der Waals surface area contributed by atoms with Crippen LogP contribution in [0.4, 0.5) is 10.5 Å². The van der Waals surface area contributed by atoms with Crippen LogP contribution in [0.1, 0.15) is 44.0 Å². The highest BCUT2D eigenvalue weighted by molar-refractivity contribution is 5.89. The van der Waals surface area contributed by atoms with Crippen molar-refractivity contribution < 1.29 is 23.8 Å². The lowest BCUT2D eigenvalue weighted by atomic mass is 9.94. The Balaban J connectivity index is 1.33. The summed E-state index contributed by atoms with van der Waals surface area (Å²) in [4.78, 5) is 12.0. The Morgan fingerprint density at radius 3 is 2.73 bits per heavy atom. The van der Waals surface area contributed by atoms with Gasteiger partial charge < -0.3 is 29.6 Å². The van der Waals surface area contributed by atoms with Gasteiger partial charge in [-0.1, -0.05) is 6.42 Å². The highest BCUT2D eigenvalue weighted by atomic mass is 16.7. The number of anilines is 1. The van der Waals surface area contributed by atoms with Crippen LogP contribution in [0.25, 0.3) is 0 Å². The maximum Gasteiger partial charge on any atom is 0.319 e. The summed E-state index contributed by atoms with van der Waals surface area (Å²) in [5.41, 5.74) is 0.602. The van der Waals surface area contributed by atoms with E-state index in [1.807, 2.05) is 6.07 Å². The number of aliphatic hydroxyl groups excluding tert-OH is 1. The number of nitrogens with one attached hydrogen (secondary N) is 2. The summed E-state index contributed by atoms with van der Waals surface area (Å²) in [5, 5.41) is 15.3. The van der Waals surface area contributed by atoms with E-state index in [0.717, 1.165) is 25.7 Å². The molecule has 1 aliphatic carbocycles. The predicted molar refractivity (Wildman–Crippen MR) is 94.2 cm³/mol. The number of carbonyl (C=O) groups excluding carboxylic acids is 1. The van der Waals surface area contributed by atoms with Crippen molar-refractivity contribution in [3.63, 3.8) is 0 Å². The first-order valence-corrected chi connectivity index (χ1v) is 8.92. The van der Waals surface area contributed by atoms with Crippen molar-refractivity contribution >= 4 is 11.7 Å². The number of amides is 2. The van der Waals surface area contributed by atoms with Crippen LogP contribution < -0.4 is 20.1 Å². The zero-order valence-corrected chi connectivity index (χ0v) is 14.4. The Morgan fingerprint density at radius 1 is 1.15 bits per heavy atom. The minimum absolute atomic E-state index is 0.0486. The number of benzene rings is 1. The van der Waals surface area contributed by atoms with Crippen LogP contribution in [0.2, 0.25) is 0 Å². The van der Waals surface area contributed by atoms with Gasteiger partial charge in [-0.05, 0) is 37.1 Å². The van der Waals surface area contributed by atoms with Crippen LogP contribution in [-0.4, -0.2) is 23.5 Å². The van der Waals surface area contributed by atoms with Gasteiger partial charge in [-0.25, -0.2) is 4.79 Å². The zero-order chi connectivity index (χ0) is 18.0. The van der Waals surface area contributed by atoms with E-state index in [1.54, 1.807) is 24.3 Å². The smallest absolute Gasteiger partial charge is 0.319 e. The first kappa shape index (κ1) is 16.8. The molecule has 1 atom stereocenters. The third-order valence-electron chi connectivity index (χ3n) is 4.74. The van der Waals surface area contributed by atoms with Crippen molar-refractivity contribution in [2.75, 3.05) is 11.9 Å².